The van der Waals surface area contributed by atoms with Crippen molar-refractivity contribution in [3.05, 3.63) is 107 Å². The number of benzene rings is 3. The molecule has 0 amide bonds. The van der Waals surface area contributed by atoms with Crippen molar-refractivity contribution in [2.24, 2.45) is 11.5 Å². The Balaban J connectivity index is 1.72. The topological polar surface area (TPSA) is 52.0 Å². The van der Waals surface area contributed by atoms with Crippen LogP contribution in [0.3, 0.4) is 0 Å². The van der Waals surface area contributed by atoms with Gasteiger partial charge in [-0.25, -0.2) is 0 Å². The van der Waals surface area contributed by atoms with E-state index in [9.17, 15) is 0 Å². The molecule has 0 saturated carbocycles. The highest BCUT2D eigenvalue weighted by Crippen LogP contribution is 2.20. The Morgan fingerprint density at radius 2 is 1.68 bits per heavy atom. The summed E-state index contributed by atoms with van der Waals surface area (Å²) in [5, 5.41) is 2.56. The average molecular weight is 328 g/mol. The molecular formula is C23H24N2. The Bertz CT molecular complexity index is 917. The van der Waals surface area contributed by atoms with Crippen LogP contribution in [0, 0.1) is 6.92 Å². The van der Waals surface area contributed by atoms with E-state index in [0.717, 1.165) is 17.5 Å². The van der Waals surface area contributed by atoms with Gasteiger partial charge in [-0.2, -0.15) is 0 Å². The van der Waals surface area contributed by atoms with E-state index in [2.05, 4.69) is 61.5 Å². The van der Waals surface area contributed by atoms with Crippen LogP contribution in [0.5, 0.6) is 0 Å². The highest BCUT2D eigenvalue weighted by molar-refractivity contribution is 5.85. The summed E-state index contributed by atoms with van der Waals surface area (Å²) in [6, 6.07) is 22.7. The largest absolute Gasteiger partial charge is 0.400 e. The van der Waals surface area contributed by atoms with Crippen molar-refractivity contribution >= 4 is 10.8 Å². The Kier molecular flexibility index (Phi) is 5.32. The maximum Gasteiger partial charge on any atom is 0.0701 e. The molecule has 1 unspecified atom stereocenters. The maximum absolute atomic E-state index is 6.28. The van der Waals surface area contributed by atoms with E-state index in [-0.39, 0.29) is 6.04 Å². The van der Waals surface area contributed by atoms with E-state index in [1.807, 2.05) is 30.4 Å². The Morgan fingerprint density at radius 3 is 2.52 bits per heavy atom. The van der Waals surface area contributed by atoms with Crippen LogP contribution < -0.4 is 11.5 Å². The number of hydrogen-bond acceptors (Lipinski definition) is 2. The average Bonchev–Trinajstić information content (AvgIpc) is 2.65. The van der Waals surface area contributed by atoms with Gasteiger partial charge >= 0.3 is 0 Å². The van der Waals surface area contributed by atoms with E-state index < -0.39 is 0 Å². The zero-order valence-electron chi connectivity index (χ0n) is 14.5. The van der Waals surface area contributed by atoms with E-state index in [0.29, 0.717) is 5.70 Å². The van der Waals surface area contributed by atoms with Crippen LogP contribution >= 0.6 is 0 Å². The predicted molar refractivity (Wildman–Crippen MR) is 107 cm³/mol. The van der Waals surface area contributed by atoms with Crippen LogP contribution in [0.2, 0.25) is 0 Å². The molecule has 2 heteroatoms. The highest BCUT2D eigenvalue weighted by Gasteiger charge is 2.10. The first kappa shape index (κ1) is 17.0. The van der Waals surface area contributed by atoms with Crippen LogP contribution in [0.4, 0.5) is 0 Å². The molecule has 25 heavy (non-hydrogen) atoms. The van der Waals surface area contributed by atoms with Crippen LogP contribution in [0.25, 0.3) is 10.8 Å². The lowest BCUT2D eigenvalue weighted by Crippen LogP contribution is -2.19. The van der Waals surface area contributed by atoms with E-state index in [1.54, 1.807) is 0 Å². The molecule has 3 rings (SSSR count). The molecule has 126 valence electrons. The highest BCUT2D eigenvalue weighted by atomic mass is 14.7. The molecule has 0 aliphatic carbocycles. The van der Waals surface area contributed by atoms with Crippen LogP contribution in [0.1, 0.15) is 22.7 Å². The van der Waals surface area contributed by atoms with Gasteiger partial charge in [0.05, 0.1) is 6.04 Å². The van der Waals surface area contributed by atoms with Gasteiger partial charge in [-0.05, 0) is 46.9 Å². The summed E-state index contributed by atoms with van der Waals surface area (Å²) in [4.78, 5) is 0. The first-order valence-electron chi connectivity index (χ1n) is 8.57. The number of fused-ring (bicyclic) bond motifs is 1. The molecule has 0 heterocycles. The molecule has 0 aliphatic heterocycles. The number of hydrogen-bond donors (Lipinski definition) is 2. The number of rotatable bonds is 5. The van der Waals surface area contributed by atoms with Crippen molar-refractivity contribution in [3.8, 4) is 0 Å². The van der Waals surface area contributed by atoms with Gasteiger partial charge in [0.1, 0.15) is 0 Å². The fourth-order valence-electron chi connectivity index (χ4n) is 3.06. The molecule has 3 aromatic carbocycles. The minimum absolute atomic E-state index is 0.275. The van der Waals surface area contributed by atoms with E-state index in [4.69, 9.17) is 11.5 Å². The van der Waals surface area contributed by atoms with Crippen molar-refractivity contribution in [2.75, 3.05) is 0 Å². The number of nitrogens with two attached hydrogens (primary N) is 2. The molecule has 0 spiro atoms. The maximum atomic E-state index is 6.28. The lowest BCUT2D eigenvalue weighted by molar-refractivity contribution is 0.824. The molecule has 0 bridgehead atoms. The first-order chi connectivity index (χ1) is 12.2. The molecule has 0 aromatic heterocycles. The SMILES string of the molecule is Cc1ccccc1C(N)/C(N)=C/C=C\Cc1cccc2ccccc12. The van der Waals surface area contributed by atoms with Crippen molar-refractivity contribution in [3.63, 3.8) is 0 Å². The lowest BCUT2D eigenvalue weighted by atomic mass is 9.99. The summed E-state index contributed by atoms with van der Waals surface area (Å²) >= 11 is 0. The monoisotopic (exact) mass is 328 g/mol. The smallest absolute Gasteiger partial charge is 0.0701 e. The van der Waals surface area contributed by atoms with Gasteiger partial charge in [0.25, 0.3) is 0 Å². The first-order valence-corrected chi connectivity index (χ1v) is 8.57. The summed E-state index contributed by atoms with van der Waals surface area (Å²) in [5.74, 6) is 0. The molecule has 0 saturated heterocycles. The predicted octanol–water partition coefficient (Wildman–Crippen LogP) is 4.79. The summed E-state index contributed by atoms with van der Waals surface area (Å²) in [6.07, 6.45) is 6.89. The Morgan fingerprint density at radius 1 is 0.960 bits per heavy atom. The molecule has 1 atom stereocenters. The fourth-order valence-corrected chi connectivity index (χ4v) is 3.06. The van der Waals surface area contributed by atoms with Gasteiger partial charge < -0.3 is 11.5 Å². The second-order valence-corrected chi connectivity index (χ2v) is 6.27. The summed E-state index contributed by atoms with van der Waals surface area (Å²) in [7, 11) is 0. The lowest BCUT2D eigenvalue weighted by Gasteiger charge is -2.14. The molecule has 0 radical (unpaired) electrons. The van der Waals surface area contributed by atoms with Gasteiger partial charge in [0.2, 0.25) is 0 Å². The van der Waals surface area contributed by atoms with Gasteiger partial charge in [-0.1, -0.05) is 78.9 Å². The number of aryl methyl sites for hydroxylation is 1. The Hall–Kier alpha value is -2.84. The molecule has 0 aliphatic rings. The second kappa shape index (κ2) is 7.82. The molecule has 0 fully saturated rings. The summed E-state index contributed by atoms with van der Waals surface area (Å²) in [5.41, 5.74) is 16.7. The zero-order valence-corrected chi connectivity index (χ0v) is 14.5. The molecule has 2 nitrogen and oxygen atoms in total. The van der Waals surface area contributed by atoms with Crippen LogP contribution in [0.15, 0.2) is 90.7 Å². The third kappa shape index (κ3) is 3.98. The third-order valence-corrected chi connectivity index (χ3v) is 4.53. The van der Waals surface area contributed by atoms with Crippen molar-refractivity contribution in [1.29, 1.82) is 0 Å². The minimum Gasteiger partial charge on any atom is -0.400 e. The Labute approximate surface area is 149 Å². The normalized spacial score (nSPS) is 13.4. The molecule has 3 aromatic rings. The van der Waals surface area contributed by atoms with Gasteiger partial charge in [-0.3, -0.25) is 0 Å². The van der Waals surface area contributed by atoms with E-state index >= 15 is 0 Å². The molecule has 4 N–H and O–H groups in total. The van der Waals surface area contributed by atoms with Crippen molar-refractivity contribution in [1.82, 2.24) is 0 Å². The minimum atomic E-state index is -0.275. The third-order valence-electron chi connectivity index (χ3n) is 4.53. The van der Waals surface area contributed by atoms with Crippen molar-refractivity contribution in [2.45, 2.75) is 19.4 Å². The van der Waals surface area contributed by atoms with E-state index in [1.165, 1.54) is 16.3 Å². The quantitative estimate of drug-likeness (QED) is 0.662. The van der Waals surface area contributed by atoms with Crippen molar-refractivity contribution < 1.29 is 0 Å². The van der Waals surface area contributed by atoms with Gasteiger partial charge in [-0.15, -0.1) is 0 Å². The fraction of sp³-hybridized carbons (Fsp3) is 0.130. The second-order valence-electron chi connectivity index (χ2n) is 6.27. The molecular weight excluding hydrogens is 304 g/mol. The van der Waals surface area contributed by atoms with Crippen LogP contribution in [-0.4, -0.2) is 0 Å². The summed E-state index contributed by atoms with van der Waals surface area (Å²) in [6.45, 7) is 2.05. The zero-order chi connectivity index (χ0) is 17.6. The summed E-state index contributed by atoms with van der Waals surface area (Å²) < 4.78 is 0. The standard InChI is InChI=1S/C23H24N2/c1-17-9-2-5-14-20(17)23(25)22(24)16-7-4-11-19-13-8-12-18-10-3-6-15-21(18)19/h2-10,12-16,23H,11,24-25H2,1H3/b7-4-,22-16-. The van der Waals surface area contributed by atoms with Crippen LogP contribution in [-0.2, 0) is 6.42 Å². The van der Waals surface area contributed by atoms with Gasteiger partial charge in [0.15, 0.2) is 0 Å². The van der Waals surface area contributed by atoms with Gasteiger partial charge in [0, 0.05) is 5.70 Å². The number of allylic oxidation sites excluding steroid dienone is 3.